The quantitative estimate of drug-likeness (QED) is 0.0412. The zero-order valence-corrected chi connectivity index (χ0v) is 29.4. The predicted octanol–water partition coefficient (Wildman–Crippen LogP) is 11.0. The fourth-order valence-corrected chi connectivity index (χ4v) is 5.98. The number of rotatable bonds is 34. The number of aliphatic hydroxyl groups is 2. The maximum absolute atomic E-state index is 12.7. The van der Waals surface area contributed by atoms with Crippen LogP contribution in [0.15, 0.2) is 0 Å². The molecule has 0 aliphatic rings. The number of alkyl halides is 3. The summed E-state index contributed by atoms with van der Waals surface area (Å²) in [6, 6.07) is 0. The van der Waals surface area contributed by atoms with E-state index in [1.165, 1.54) is 64.2 Å². The lowest BCUT2D eigenvalue weighted by Gasteiger charge is -2.22. The molecule has 0 aliphatic carbocycles. The molecular weight excluding hydrogens is 579 g/mol. The molecule has 0 aromatic carbocycles. The Hall–Kier alpha value is -0.860. The first-order chi connectivity index (χ1) is 21.7. The number of carbonyl (C=O) groups excluding carboxylic acids is 1. The number of hydrogen-bond donors (Lipinski definition) is 2. The fraction of sp³-hybridized carbons (Fsp3) is 0.973. The summed E-state index contributed by atoms with van der Waals surface area (Å²) in [6.07, 6.45) is 21.5. The van der Waals surface area contributed by atoms with Gasteiger partial charge in [-0.3, -0.25) is 4.79 Å². The molecule has 0 aromatic rings. The first-order valence-electron chi connectivity index (χ1n) is 19.0. The molecule has 0 amide bonds. The number of carbonyl (C=O) groups is 1. The van der Waals surface area contributed by atoms with Gasteiger partial charge >= 0.3 is 12.1 Å². The summed E-state index contributed by atoms with van der Waals surface area (Å²) in [5, 5.41) is 17.9. The van der Waals surface area contributed by atoms with Crippen LogP contribution in [0.4, 0.5) is 13.2 Å². The van der Waals surface area contributed by atoms with Gasteiger partial charge in [-0.2, -0.15) is 13.2 Å². The second kappa shape index (κ2) is 31.7. The lowest BCUT2D eigenvalue weighted by Crippen LogP contribution is -2.28. The third kappa shape index (κ3) is 34.3. The third-order valence-electron chi connectivity index (χ3n) is 8.78. The van der Waals surface area contributed by atoms with Crippen LogP contribution in [0.25, 0.3) is 0 Å². The van der Waals surface area contributed by atoms with Crippen LogP contribution in [-0.4, -0.2) is 59.3 Å². The average molecular weight is 652 g/mol. The largest absolute Gasteiger partial charge is 0.462 e. The molecule has 270 valence electrons. The van der Waals surface area contributed by atoms with Crippen molar-refractivity contribution in [3.63, 3.8) is 0 Å². The summed E-state index contributed by atoms with van der Waals surface area (Å²) >= 11 is 0. The van der Waals surface area contributed by atoms with E-state index in [4.69, 9.17) is 14.9 Å². The van der Waals surface area contributed by atoms with E-state index in [1.807, 2.05) is 0 Å². The number of aliphatic hydroxyl groups excluding tert-OH is 1. The molecule has 0 radical (unpaired) electrons. The van der Waals surface area contributed by atoms with E-state index in [-0.39, 0.29) is 18.5 Å². The molecule has 0 fully saturated rings. The molecule has 0 spiro atoms. The van der Waals surface area contributed by atoms with E-state index in [9.17, 15) is 18.0 Å². The van der Waals surface area contributed by atoms with Gasteiger partial charge in [0.25, 0.3) is 0 Å². The molecule has 0 unspecified atom stereocenters. The Morgan fingerprint density at radius 3 is 1.44 bits per heavy atom. The number of halogens is 3. The lowest BCUT2D eigenvalue weighted by atomic mass is 10.0. The van der Waals surface area contributed by atoms with Gasteiger partial charge in [0.2, 0.25) is 0 Å². The number of unbranched alkanes of at least 4 members (excludes halogenated alkanes) is 18. The van der Waals surface area contributed by atoms with E-state index in [0.29, 0.717) is 19.4 Å². The van der Waals surface area contributed by atoms with Gasteiger partial charge in [-0.25, -0.2) is 0 Å². The van der Waals surface area contributed by atoms with Crippen LogP contribution in [0.5, 0.6) is 0 Å². The number of hydrogen-bond acceptors (Lipinski definition) is 5. The normalized spacial score (nSPS) is 12.2. The molecule has 0 rings (SSSR count). The maximum Gasteiger partial charge on any atom is 0.389 e. The Morgan fingerprint density at radius 1 is 0.578 bits per heavy atom. The Balaban J connectivity index is 4.28. The molecule has 2 N–H and O–H groups in total. The summed E-state index contributed by atoms with van der Waals surface area (Å²) in [5.41, 5.74) is 0. The molecule has 0 heterocycles. The second-order valence-electron chi connectivity index (χ2n) is 13.3. The highest BCUT2D eigenvalue weighted by molar-refractivity contribution is 5.69. The first kappa shape index (κ1) is 44.1. The fourth-order valence-electron chi connectivity index (χ4n) is 5.98. The van der Waals surface area contributed by atoms with Crippen molar-refractivity contribution >= 4 is 5.97 Å². The van der Waals surface area contributed by atoms with Crippen molar-refractivity contribution in [1.29, 1.82) is 0 Å². The first-order valence-corrected chi connectivity index (χ1v) is 19.0. The highest BCUT2D eigenvalue weighted by atomic mass is 19.4. The maximum atomic E-state index is 12.7. The van der Waals surface area contributed by atoms with Gasteiger partial charge in [-0.15, -0.1) is 0 Å². The van der Waals surface area contributed by atoms with Gasteiger partial charge in [0.1, 0.15) is 6.10 Å². The Labute approximate surface area is 275 Å². The Kier molecular flexibility index (Phi) is 31.1. The number of esters is 1. The SMILES string of the molecule is CCCCCCCCC(CCCCCCCC)OC(=O)CCCCCCCN(CCCCCCCC(O)O)CCCC(F)(F)F. The van der Waals surface area contributed by atoms with Gasteiger partial charge in [-0.05, 0) is 83.8 Å². The van der Waals surface area contributed by atoms with Crippen molar-refractivity contribution in [2.75, 3.05) is 19.6 Å². The zero-order valence-electron chi connectivity index (χ0n) is 29.4. The minimum atomic E-state index is -4.10. The highest BCUT2D eigenvalue weighted by Gasteiger charge is 2.26. The van der Waals surface area contributed by atoms with E-state index in [2.05, 4.69) is 18.7 Å². The minimum Gasteiger partial charge on any atom is -0.462 e. The average Bonchev–Trinajstić information content (AvgIpc) is 2.98. The molecule has 0 saturated carbocycles. The van der Waals surface area contributed by atoms with Crippen LogP contribution in [-0.2, 0) is 9.53 Å². The molecule has 8 heteroatoms. The summed E-state index contributed by atoms with van der Waals surface area (Å²) in [4.78, 5) is 14.8. The standard InChI is InChI=1S/C37H72F3NO4/c1-3-5-7-9-13-19-26-34(27-20-14-10-8-6-4-2)45-36(44)29-22-16-12-18-24-32-41(33-25-30-37(38,39)40)31-23-17-11-15-21-28-35(42)43/h34-35,42-43H,3-33H2,1-2H3. The molecule has 0 aromatic heterocycles. The van der Waals surface area contributed by atoms with Crippen molar-refractivity contribution in [3.05, 3.63) is 0 Å². The Bertz CT molecular complexity index is 617. The van der Waals surface area contributed by atoms with E-state index < -0.39 is 18.9 Å². The van der Waals surface area contributed by atoms with Crippen molar-refractivity contribution in [2.24, 2.45) is 0 Å². The summed E-state index contributed by atoms with van der Waals surface area (Å²) in [5.74, 6) is -0.0552. The third-order valence-corrected chi connectivity index (χ3v) is 8.78. The topological polar surface area (TPSA) is 70.0 Å². The number of ether oxygens (including phenoxy) is 1. The van der Waals surface area contributed by atoms with Crippen molar-refractivity contribution in [1.82, 2.24) is 4.90 Å². The van der Waals surface area contributed by atoms with Gasteiger partial charge in [0, 0.05) is 12.8 Å². The molecule has 0 atom stereocenters. The van der Waals surface area contributed by atoms with Crippen molar-refractivity contribution < 1.29 is 32.9 Å². The molecule has 0 saturated heterocycles. The van der Waals surface area contributed by atoms with Crippen LogP contribution in [0.3, 0.4) is 0 Å². The molecular formula is C37H72F3NO4. The highest BCUT2D eigenvalue weighted by Crippen LogP contribution is 2.22. The van der Waals surface area contributed by atoms with Crippen molar-refractivity contribution in [2.45, 2.75) is 212 Å². The van der Waals surface area contributed by atoms with Crippen LogP contribution in [0.2, 0.25) is 0 Å². The number of nitrogens with zero attached hydrogens (tertiary/aromatic N) is 1. The summed E-state index contributed by atoms with van der Waals surface area (Å²) < 4.78 is 44.0. The summed E-state index contributed by atoms with van der Waals surface area (Å²) in [7, 11) is 0. The van der Waals surface area contributed by atoms with Gasteiger partial charge < -0.3 is 19.8 Å². The smallest absolute Gasteiger partial charge is 0.389 e. The predicted molar refractivity (Wildman–Crippen MR) is 181 cm³/mol. The molecule has 45 heavy (non-hydrogen) atoms. The van der Waals surface area contributed by atoms with Gasteiger partial charge in [0.05, 0.1) is 0 Å². The van der Waals surface area contributed by atoms with Gasteiger partial charge in [0.15, 0.2) is 6.29 Å². The van der Waals surface area contributed by atoms with E-state index in [0.717, 1.165) is 103 Å². The molecule has 0 aliphatic heterocycles. The minimum absolute atomic E-state index is 0.0552. The Morgan fingerprint density at radius 2 is 0.978 bits per heavy atom. The lowest BCUT2D eigenvalue weighted by molar-refractivity contribution is -0.150. The van der Waals surface area contributed by atoms with Crippen LogP contribution in [0, 0.1) is 0 Å². The molecule has 5 nitrogen and oxygen atoms in total. The van der Waals surface area contributed by atoms with Crippen molar-refractivity contribution in [3.8, 4) is 0 Å². The van der Waals surface area contributed by atoms with E-state index in [1.54, 1.807) is 0 Å². The molecule has 0 bridgehead atoms. The van der Waals surface area contributed by atoms with Crippen LogP contribution < -0.4 is 0 Å². The van der Waals surface area contributed by atoms with E-state index >= 15 is 0 Å². The van der Waals surface area contributed by atoms with Crippen LogP contribution >= 0.6 is 0 Å². The summed E-state index contributed by atoms with van der Waals surface area (Å²) in [6.45, 7) is 6.57. The van der Waals surface area contributed by atoms with Gasteiger partial charge in [-0.1, -0.05) is 117 Å². The zero-order chi connectivity index (χ0) is 33.4. The van der Waals surface area contributed by atoms with Crippen LogP contribution in [0.1, 0.15) is 194 Å². The second-order valence-corrected chi connectivity index (χ2v) is 13.3. The monoisotopic (exact) mass is 652 g/mol.